The van der Waals surface area contributed by atoms with Crippen LogP contribution in [0.25, 0.3) is 0 Å². The highest BCUT2D eigenvalue weighted by Gasteiger charge is 2.13. The van der Waals surface area contributed by atoms with Gasteiger partial charge in [-0.25, -0.2) is 4.79 Å². The van der Waals surface area contributed by atoms with Crippen LogP contribution >= 0.6 is 11.8 Å². The van der Waals surface area contributed by atoms with E-state index in [0.717, 1.165) is 24.3 Å². The first kappa shape index (κ1) is 17.0. The summed E-state index contributed by atoms with van der Waals surface area (Å²) >= 11 is 2.00. The number of carbonyl (C=O) groups is 1. The second-order valence-corrected chi connectivity index (χ2v) is 6.78. The molecule has 22 heavy (non-hydrogen) atoms. The molecule has 2 N–H and O–H groups in total. The molecule has 0 bridgehead atoms. The molecule has 1 aliphatic rings. The van der Waals surface area contributed by atoms with Crippen LogP contribution in [0.3, 0.4) is 0 Å². The molecule has 1 saturated heterocycles. The number of methoxy groups -OCH3 is 1. The summed E-state index contributed by atoms with van der Waals surface area (Å²) in [4.78, 5) is 14.3. The van der Waals surface area contributed by atoms with Gasteiger partial charge in [-0.05, 0) is 37.6 Å². The lowest BCUT2D eigenvalue weighted by atomic mass is 10.1. The fraction of sp³-hybridized carbons (Fsp3) is 0.562. The monoisotopic (exact) mass is 323 g/mol. The first-order valence-electron chi connectivity index (χ1n) is 7.60. The number of nitrogens with zero attached hydrogens (tertiary/aromatic N) is 1. The van der Waals surface area contributed by atoms with E-state index in [2.05, 4.69) is 27.7 Å². The number of hydrogen-bond donors (Lipinski definition) is 2. The molecule has 0 aliphatic carbocycles. The van der Waals surface area contributed by atoms with Crippen molar-refractivity contribution in [3.05, 3.63) is 23.8 Å². The molecule has 2 amide bonds. The Hall–Kier alpha value is -1.40. The molecule has 1 aromatic carbocycles. The SMILES string of the molecule is COCC(C)NC(=O)Nc1ccc(N2CCSCC2)cc1C. The van der Waals surface area contributed by atoms with Crippen molar-refractivity contribution in [3.8, 4) is 0 Å². The third-order valence-electron chi connectivity index (χ3n) is 3.63. The average Bonchev–Trinajstić information content (AvgIpc) is 2.50. The van der Waals surface area contributed by atoms with E-state index < -0.39 is 0 Å². The molecular weight excluding hydrogens is 298 g/mol. The van der Waals surface area contributed by atoms with E-state index in [4.69, 9.17) is 4.74 Å². The topological polar surface area (TPSA) is 53.6 Å². The zero-order valence-corrected chi connectivity index (χ0v) is 14.3. The van der Waals surface area contributed by atoms with Gasteiger partial charge in [-0.15, -0.1) is 0 Å². The van der Waals surface area contributed by atoms with Gasteiger partial charge in [0.25, 0.3) is 0 Å². The van der Waals surface area contributed by atoms with Crippen LogP contribution in [0, 0.1) is 6.92 Å². The quantitative estimate of drug-likeness (QED) is 0.875. The summed E-state index contributed by atoms with van der Waals surface area (Å²) in [5.74, 6) is 2.36. The molecule has 1 unspecified atom stereocenters. The van der Waals surface area contributed by atoms with Crippen LogP contribution in [0.15, 0.2) is 18.2 Å². The predicted molar refractivity (Wildman–Crippen MR) is 94.2 cm³/mol. The minimum absolute atomic E-state index is 0.0181. The Labute approximate surface area is 136 Å². The highest BCUT2D eigenvalue weighted by molar-refractivity contribution is 7.99. The van der Waals surface area contributed by atoms with E-state index in [0.29, 0.717) is 6.61 Å². The third kappa shape index (κ3) is 4.81. The predicted octanol–water partition coefficient (Wildman–Crippen LogP) is 2.70. The number of nitrogens with one attached hydrogen (secondary N) is 2. The number of urea groups is 1. The van der Waals surface area contributed by atoms with Crippen molar-refractivity contribution in [1.29, 1.82) is 0 Å². The van der Waals surface area contributed by atoms with Crippen LogP contribution in [0.1, 0.15) is 12.5 Å². The molecule has 122 valence electrons. The van der Waals surface area contributed by atoms with Crippen LogP contribution in [0.2, 0.25) is 0 Å². The van der Waals surface area contributed by atoms with Crippen molar-refractivity contribution < 1.29 is 9.53 Å². The summed E-state index contributed by atoms with van der Waals surface area (Å²) in [7, 11) is 1.62. The van der Waals surface area contributed by atoms with Crippen LogP contribution in [-0.4, -0.2) is 50.4 Å². The fourth-order valence-corrected chi connectivity index (χ4v) is 3.38. The maximum atomic E-state index is 11.9. The summed E-state index contributed by atoms with van der Waals surface area (Å²) < 4.78 is 5.01. The van der Waals surface area contributed by atoms with Crippen LogP contribution < -0.4 is 15.5 Å². The van der Waals surface area contributed by atoms with E-state index in [9.17, 15) is 4.79 Å². The van der Waals surface area contributed by atoms with Crippen molar-refractivity contribution in [2.24, 2.45) is 0 Å². The third-order valence-corrected chi connectivity index (χ3v) is 4.57. The van der Waals surface area contributed by atoms with Crippen molar-refractivity contribution >= 4 is 29.2 Å². The number of thioether (sulfide) groups is 1. The Morgan fingerprint density at radius 3 is 2.77 bits per heavy atom. The first-order chi connectivity index (χ1) is 10.6. The lowest BCUT2D eigenvalue weighted by Crippen LogP contribution is -2.38. The van der Waals surface area contributed by atoms with Gasteiger partial charge in [0.15, 0.2) is 0 Å². The molecule has 6 heteroatoms. The van der Waals surface area contributed by atoms with Crippen LogP contribution in [0.5, 0.6) is 0 Å². The van der Waals surface area contributed by atoms with Gasteiger partial charge in [-0.3, -0.25) is 0 Å². The minimum Gasteiger partial charge on any atom is -0.383 e. The highest BCUT2D eigenvalue weighted by atomic mass is 32.2. The highest BCUT2D eigenvalue weighted by Crippen LogP contribution is 2.24. The molecule has 0 saturated carbocycles. The number of hydrogen-bond acceptors (Lipinski definition) is 4. The number of aryl methyl sites for hydroxylation is 1. The number of anilines is 2. The summed E-state index contributed by atoms with van der Waals surface area (Å²) in [5, 5.41) is 5.75. The minimum atomic E-state index is -0.199. The molecule has 1 atom stereocenters. The zero-order chi connectivity index (χ0) is 15.9. The Morgan fingerprint density at radius 1 is 1.41 bits per heavy atom. The smallest absolute Gasteiger partial charge is 0.319 e. The van der Waals surface area contributed by atoms with Gasteiger partial charge in [0.1, 0.15) is 0 Å². The van der Waals surface area contributed by atoms with Gasteiger partial charge in [-0.2, -0.15) is 11.8 Å². The maximum Gasteiger partial charge on any atom is 0.319 e. The van der Waals surface area contributed by atoms with Crippen molar-refractivity contribution in [1.82, 2.24) is 5.32 Å². The largest absolute Gasteiger partial charge is 0.383 e. The Bertz CT molecular complexity index is 504. The molecule has 1 fully saturated rings. The second-order valence-electron chi connectivity index (χ2n) is 5.55. The number of amides is 2. The van der Waals surface area contributed by atoms with Crippen LogP contribution in [-0.2, 0) is 4.74 Å². The van der Waals surface area contributed by atoms with Gasteiger partial charge < -0.3 is 20.3 Å². The van der Waals surface area contributed by atoms with E-state index in [-0.39, 0.29) is 12.1 Å². The van der Waals surface area contributed by atoms with E-state index in [1.807, 2.05) is 31.7 Å². The van der Waals surface area contributed by atoms with E-state index >= 15 is 0 Å². The molecule has 0 radical (unpaired) electrons. The van der Waals surface area contributed by atoms with Gasteiger partial charge >= 0.3 is 6.03 Å². The molecular formula is C16H25N3O2S. The summed E-state index contributed by atoms with van der Waals surface area (Å²) in [6.45, 7) is 6.61. The fourth-order valence-electron chi connectivity index (χ4n) is 2.48. The van der Waals surface area contributed by atoms with Crippen molar-refractivity contribution in [2.75, 3.05) is 48.5 Å². The lowest BCUT2D eigenvalue weighted by molar-refractivity contribution is 0.173. The number of rotatable bonds is 5. The van der Waals surface area contributed by atoms with E-state index in [1.54, 1.807) is 7.11 Å². The Kier molecular flexibility index (Phi) is 6.39. The molecule has 1 heterocycles. The number of carbonyl (C=O) groups excluding carboxylic acids is 1. The van der Waals surface area contributed by atoms with Crippen LogP contribution in [0.4, 0.5) is 16.2 Å². The normalized spacial score (nSPS) is 16.2. The standard InChI is InChI=1S/C16H25N3O2S/c1-12-10-14(19-6-8-22-9-7-19)4-5-15(12)18-16(20)17-13(2)11-21-3/h4-5,10,13H,6-9,11H2,1-3H3,(H2,17,18,20). The van der Waals surface area contributed by atoms with Crippen molar-refractivity contribution in [3.63, 3.8) is 0 Å². The second kappa shape index (κ2) is 8.29. The Balaban J connectivity index is 1.95. The Morgan fingerprint density at radius 2 is 2.14 bits per heavy atom. The molecule has 1 aliphatic heterocycles. The number of ether oxygens (including phenoxy) is 1. The lowest BCUT2D eigenvalue weighted by Gasteiger charge is -2.29. The van der Waals surface area contributed by atoms with Gasteiger partial charge in [0.2, 0.25) is 0 Å². The van der Waals surface area contributed by atoms with Gasteiger partial charge in [0.05, 0.1) is 12.6 Å². The summed E-state index contributed by atoms with van der Waals surface area (Å²) in [6.07, 6.45) is 0. The maximum absolute atomic E-state index is 11.9. The molecule has 0 aromatic heterocycles. The molecule has 1 aromatic rings. The van der Waals surface area contributed by atoms with Crippen molar-refractivity contribution in [2.45, 2.75) is 19.9 Å². The first-order valence-corrected chi connectivity index (χ1v) is 8.75. The van der Waals surface area contributed by atoms with E-state index in [1.165, 1.54) is 17.2 Å². The number of benzene rings is 1. The molecule has 0 spiro atoms. The summed E-state index contributed by atoms with van der Waals surface area (Å²) in [6, 6.07) is 5.99. The van der Waals surface area contributed by atoms with Gasteiger partial charge in [0, 0.05) is 43.1 Å². The zero-order valence-electron chi connectivity index (χ0n) is 13.5. The average molecular weight is 323 g/mol. The summed E-state index contributed by atoms with van der Waals surface area (Å²) in [5.41, 5.74) is 3.15. The van der Waals surface area contributed by atoms with Gasteiger partial charge in [-0.1, -0.05) is 0 Å². The molecule has 2 rings (SSSR count). The molecule has 5 nitrogen and oxygen atoms in total.